The molecule has 1 saturated heterocycles. The molecule has 4 aromatic rings. The molecule has 1 N–H and O–H groups in total. The van der Waals surface area contributed by atoms with Crippen LogP contribution in [0.3, 0.4) is 0 Å². The number of amidine groups is 1. The maximum Gasteiger partial charge on any atom is 0.573 e. The monoisotopic (exact) mass is 654 g/mol. The predicted octanol–water partition coefficient (Wildman–Crippen LogP) is 8.30. The quantitative estimate of drug-likeness (QED) is 0.193. The zero-order chi connectivity index (χ0) is 33.0. The van der Waals surface area contributed by atoms with Crippen molar-refractivity contribution in [3.63, 3.8) is 0 Å². The van der Waals surface area contributed by atoms with Gasteiger partial charge in [-0.05, 0) is 72.9 Å². The van der Waals surface area contributed by atoms with Crippen LogP contribution in [-0.2, 0) is 0 Å². The second-order valence-corrected chi connectivity index (χ2v) is 12.4. The molecule has 1 aromatic heterocycles. The van der Waals surface area contributed by atoms with Crippen LogP contribution in [0.5, 0.6) is 5.75 Å². The van der Waals surface area contributed by atoms with Crippen LogP contribution in [0.2, 0.25) is 0 Å². The van der Waals surface area contributed by atoms with E-state index in [4.69, 9.17) is 0 Å². The Balaban J connectivity index is 1.23. The number of benzene rings is 3. The predicted molar refractivity (Wildman–Crippen MR) is 172 cm³/mol. The maximum atomic E-state index is 14.0. The minimum atomic E-state index is -4.76. The average Bonchev–Trinajstić information content (AvgIpc) is 3.51. The molecule has 5 rings (SSSR count). The van der Waals surface area contributed by atoms with Gasteiger partial charge in [0.25, 0.3) is 0 Å². The summed E-state index contributed by atoms with van der Waals surface area (Å²) in [5.74, 6) is 0.745. The molecule has 3 aromatic carbocycles. The van der Waals surface area contributed by atoms with Crippen molar-refractivity contribution in [2.45, 2.75) is 58.4 Å². The zero-order valence-electron chi connectivity index (χ0n) is 25.8. The molecule has 2 atom stereocenters. The van der Waals surface area contributed by atoms with Crippen molar-refractivity contribution in [1.29, 1.82) is 0 Å². The summed E-state index contributed by atoms with van der Waals surface area (Å²) in [7, 11) is 0. The number of alkyl halides is 3. The summed E-state index contributed by atoms with van der Waals surface area (Å²) in [6.45, 7) is 8.66. The van der Waals surface area contributed by atoms with Crippen molar-refractivity contribution < 1.29 is 27.1 Å². The van der Waals surface area contributed by atoms with Gasteiger partial charge in [-0.2, -0.15) is 4.99 Å². The lowest BCUT2D eigenvalue weighted by molar-refractivity contribution is -0.274. The van der Waals surface area contributed by atoms with Crippen LogP contribution in [0.15, 0.2) is 78.0 Å². The molecule has 1 aliphatic rings. The zero-order valence-corrected chi connectivity index (χ0v) is 26.6. The second-order valence-electron chi connectivity index (χ2n) is 11.3. The number of hydrogen-bond acceptors (Lipinski definition) is 5. The molecule has 242 valence electrons. The van der Waals surface area contributed by atoms with Gasteiger partial charge in [0.05, 0.1) is 5.69 Å². The number of rotatable bonds is 8. The lowest BCUT2D eigenvalue weighted by atomic mass is 9.93. The molecule has 0 radical (unpaired) electrons. The second kappa shape index (κ2) is 13.9. The summed E-state index contributed by atoms with van der Waals surface area (Å²) in [5.41, 5.74) is 4.01. The van der Waals surface area contributed by atoms with Gasteiger partial charge in [-0.25, -0.2) is 18.9 Å². The third-order valence-electron chi connectivity index (χ3n) is 7.71. The van der Waals surface area contributed by atoms with E-state index in [0.29, 0.717) is 23.2 Å². The lowest BCUT2D eigenvalue weighted by Crippen LogP contribution is -2.39. The Morgan fingerprint density at radius 1 is 1.02 bits per heavy atom. The number of carbonyl (C=O) groups is 1. The smallest absolute Gasteiger partial charge is 0.406 e. The first kappa shape index (κ1) is 33.0. The fraction of sp³-hybridized carbons (Fsp3) is 0.333. The Hall–Kier alpha value is -4.39. The van der Waals surface area contributed by atoms with Crippen LogP contribution in [0.1, 0.15) is 57.1 Å². The molecule has 1 aliphatic heterocycles. The van der Waals surface area contributed by atoms with Crippen LogP contribution in [0.25, 0.3) is 17.1 Å². The number of aliphatic imine (C=N–C) groups is 1. The van der Waals surface area contributed by atoms with Gasteiger partial charge in [-0.1, -0.05) is 56.8 Å². The van der Waals surface area contributed by atoms with Crippen LogP contribution in [0.4, 0.5) is 28.0 Å². The van der Waals surface area contributed by atoms with E-state index < -0.39 is 12.4 Å². The Morgan fingerprint density at radius 2 is 1.74 bits per heavy atom. The largest absolute Gasteiger partial charge is 0.573 e. The van der Waals surface area contributed by atoms with Crippen LogP contribution in [0, 0.1) is 5.82 Å². The molecule has 0 saturated carbocycles. The van der Waals surface area contributed by atoms with Crippen molar-refractivity contribution in [2.24, 2.45) is 4.99 Å². The number of hydrogen-bond donors (Lipinski definition) is 1. The van der Waals surface area contributed by atoms with Crippen molar-refractivity contribution in [3.05, 3.63) is 90.0 Å². The maximum absolute atomic E-state index is 14.0. The van der Waals surface area contributed by atoms with Crippen molar-refractivity contribution in [2.75, 3.05) is 17.2 Å². The SMILES string of the molecule is CC(C)c1cc(F)ccc1N1CCCSC1=NC(=O)NC(C)C(C)c1ccc(-c2ncn(-c3ccc(OC(F)(F)F)cc3)n2)cc1. The van der Waals surface area contributed by atoms with Gasteiger partial charge in [-0.15, -0.1) is 18.3 Å². The number of aromatic nitrogens is 3. The molecule has 46 heavy (non-hydrogen) atoms. The summed E-state index contributed by atoms with van der Waals surface area (Å²) in [6.07, 6.45) is -2.35. The Bertz CT molecular complexity index is 1690. The van der Waals surface area contributed by atoms with E-state index >= 15 is 0 Å². The van der Waals surface area contributed by atoms with Gasteiger partial charge < -0.3 is 15.0 Å². The molecular weight excluding hydrogens is 620 g/mol. The third-order valence-corrected chi connectivity index (χ3v) is 8.77. The summed E-state index contributed by atoms with van der Waals surface area (Å²) < 4.78 is 56.7. The number of urea groups is 1. The summed E-state index contributed by atoms with van der Waals surface area (Å²) in [5, 5.41) is 8.05. The average molecular weight is 655 g/mol. The van der Waals surface area contributed by atoms with E-state index in [1.807, 2.05) is 56.9 Å². The number of nitrogens with zero attached hydrogens (tertiary/aromatic N) is 5. The van der Waals surface area contributed by atoms with E-state index in [2.05, 4.69) is 25.1 Å². The first-order valence-electron chi connectivity index (χ1n) is 14.8. The minimum absolute atomic E-state index is 0.0408. The number of ether oxygens (including phenoxy) is 1. The molecule has 0 bridgehead atoms. The molecule has 2 unspecified atom stereocenters. The van der Waals surface area contributed by atoms with E-state index in [0.717, 1.165) is 34.6 Å². The Kier molecular flexibility index (Phi) is 10.00. The molecular formula is C33H34F4N6O2S. The highest BCUT2D eigenvalue weighted by Gasteiger charge is 2.31. The fourth-order valence-corrected chi connectivity index (χ4v) is 6.04. The van der Waals surface area contributed by atoms with Crippen LogP contribution < -0.4 is 15.0 Å². The highest BCUT2D eigenvalue weighted by Crippen LogP contribution is 2.33. The summed E-state index contributed by atoms with van der Waals surface area (Å²) in [4.78, 5) is 23.8. The normalized spacial score (nSPS) is 16.0. The highest BCUT2D eigenvalue weighted by molar-refractivity contribution is 8.14. The Labute approximate surface area is 268 Å². The van der Waals surface area contributed by atoms with Gasteiger partial charge in [-0.3, -0.25) is 0 Å². The number of thioether (sulfide) groups is 1. The number of amides is 2. The topological polar surface area (TPSA) is 84.6 Å². The highest BCUT2D eigenvalue weighted by atomic mass is 32.2. The fourth-order valence-electron chi connectivity index (χ4n) is 5.09. The van der Waals surface area contributed by atoms with Gasteiger partial charge >= 0.3 is 12.4 Å². The molecule has 1 fully saturated rings. The molecule has 0 aliphatic carbocycles. The molecule has 2 heterocycles. The molecule has 13 heteroatoms. The van der Waals surface area contributed by atoms with E-state index in [1.54, 1.807) is 12.1 Å². The molecule has 0 spiro atoms. The standard InChI is InChI=1S/C33H34F4N6O2S/c1-20(2)28-18-25(34)10-15-29(28)42-16-5-17-46-32(42)40-31(44)39-22(4)21(3)23-6-8-24(9-7-23)30-38-19-43(41-30)26-11-13-27(14-12-26)45-33(35,36)37/h6-15,18-22H,5,16-17H2,1-4H3,(H,39,44). The van der Waals surface area contributed by atoms with Crippen molar-refractivity contribution >= 4 is 28.6 Å². The van der Waals surface area contributed by atoms with Gasteiger partial charge in [0.2, 0.25) is 0 Å². The molecule has 8 nitrogen and oxygen atoms in total. The lowest BCUT2D eigenvalue weighted by Gasteiger charge is -2.32. The number of carbonyl (C=O) groups excluding carboxylic acids is 1. The van der Waals surface area contributed by atoms with Gasteiger partial charge in [0.1, 0.15) is 17.9 Å². The first-order chi connectivity index (χ1) is 21.9. The van der Waals surface area contributed by atoms with Gasteiger partial charge in [0.15, 0.2) is 11.0 Å². The number of halogens is 4. The first-order valence-corrected chi connectivity index (χ1v) is 15.8. The Morgan fingerprint density at radius 3 is 2.41 bits per heavy atom. The number of anilines is 1. The van der Waals surface area contributed by atoms with Crippen molar-refractivity contribution in [3.8, 4) is 22.8 Å². The van der Waals surface area contributed by atoms with E-state index in [-0.39, 0.29) is 29.4 Å². The van der Waals surface area contributed by atoms with Gasteiger partial charge in [0, 0.05) is 35.5 Å². The van der Waals surface area contributed by atoms with E-state index in [9.17, 15) is 22.4 Å². The van der Waals surface area contributed by atoms with Crippen LogP contribution >= 0.6 is 11.8 Å². The summed E-state index contributed by atoms with van der Waals surface area (Å²) in [6, 6.07) is 17.1. The summed E-state index contributed by atoms with van der Waals surface area (Å²) >= 11 is 1.51. The minimum Gasteiger partial charge on any atom is -0.406 e. The number of nitrogens with one attached hydrogen (secondary N) is 1. The molecule has 2 amide bonds. The van der Waals surface area contributed by atoms with Crippen LogP contribution in [-0.4, -0.2) is 50.7 Å². The van der Waals surface area contributed by atoms with Crippen molar-refractivity contribution in [1.82, 2.24) is 20.1 Å². The van der Waals surface area contributed by atoms with E-state index in [1.165, 1.54) is 53.1 Å². The third kappa shape index (κ3) is 8.06.